The van der Waals surface area contributed by atoms with E-state index in [1.807, 2.05) is 0 Å². The third-order valence-corrected chi connectivity index (χ3v) is 2.98. The number of carbonyl (C=O) groups is 2. The van der Waals surface area contributed by atoms with Gasteiger partial charge < -0.3 is 10.2 Å². The van der Waals surface area contributed by atoms with Crippen LogP contribution in [0.4, 0.5) is 0 Å². The zero-order chi connectivity index (χ0) is 12.1. The molecule has 1 unspecified atom stereocenters. The number of nitriles is 1. The van der Waals surface area contributed by atoms with Gasteiger partial charge in [-0.05, 0) is 18.3 Å². The Hall–Kier alpha value is -1.57. The molecule has 16 heavy (non-hydrogen) atoms. The van der Waals surface area contributed by atoms with Crippen molar-refractivity contribution in [2.45, 2.75) is 20.3 Å². The monoisotopic (exact) mass is 223 g/mol. The van der Waals surface area contributed by atoms with Crippen LogP contribution >= 0.6 is 0 Å². The fourth-order valence-electron chi connectivity index (χ4n) is 1.85. The molecule has 1 heterocycles. The summed E-state index contributed by atoms with van der Waals surface area (Å²) in [6.07, 6.45) is 0.953. The Morgan fingerprint density at radius 3 is 2.75 bits per heavy atom. The molecule has 1 aliphatic rings. The molecule has 88 valence electrons. The van der Waals surface area contributed by atoms with Crippen molar-refractivity contribution in [3.63, 3.8) is 0 Å². The SMILES string of the molecule is CC(C)C1CCN(C(=O)C(=O)NCC#N)C1. The van der Waals surface area contributed by atoms with Crippen LogP contribution in [0.25, 0.3) is 0 Å². The van der Waals surface area contributed by atoms with Gasteiger partial charge in [0.2, 0.25) is 0 Å². The summed E-state index contributed by atoms with van der Waals surface area (Å²) in [4.78, 5) is 24.5. The van der Waals surface area contributed by atoms with Gasteiger partial charge in [-0.25, -0.2) is 0 Å². The summed E-state index contributed by atoms with van der Waals surface area (Å²) >= 11 is 0. The van der Waals surface area contributed by atoms with E-state index in [0.29, 0.717) is 24.9 Å². The molecule has 1 rings (SSSR count). The molecular weight excluding hydrogens is 206 g/mol. The fourth-order valence-corrected chi connectivity index (χ4v) is 1.85. The average Bonchev–Trinajstić information content (AvgIpc) is 2.74. The number of amides is 2. The van der Waals surface area contributed by atoms with Crippen molar-refractivity contribution in [2.24, 2.45) is 11.8 Å². The van der Waals surface area contributed by atoms with Gasteiger partial charge in [0, 0.05) is 13.1 Å². The Kier molecular flexibility index (Phi) is 4.29. The van der Waals surface area contributed by atoms with Crippen LogP contribution < -0.4 is 5.32 Å². The number of likely N-dealkylation sites (tertiary alicyclic amines) is 1. The molecule has 1 aliphatic heterocycles. The van der Waals surface area contributed by atoms with Crippen molar-refractivity contribution in [3.8, 4) is 6.07 Å². The maximum Gasteiger partial charge on any atom is 0.311 e. The lowest BCUT2D eigenvalue weighted by Crippen LogP contribution is -2.42. The highest BCUT2D eigenvalue weighted by Crippen LogP contribution is 2.23. The van der Waals surface area contributed by atoms with Crippen LogP contribution in [-0.2, 0) is 9.59 Å². The molecule has 5 heteroatoms. The van der Waals surface area contributed by atoms with Gasteiger partial charge in [0.05, 0.1) is 6.07 Å². The van der Waals surface area contributed by atoms with Crippen molar-refractivity contribution >= 4 is 11.8 Å². The molecule has 1 atom stereocenters. The third kappa shape index (κ3) is 2.96. The highest BCUT2D eigenvalue weighted by molar-refractivity contribution is 6.35. The van der Waals surface area contributed by atoms with Crippen molar-refractivity contribution in [1.29, 1.82) is 5.26 Å². The zero-order valence-electron chi connectivity index (χ0n) is 9.69. The molecule has 1 N–H and O–H groups in total. The predicted molar refractivity (Wildman–Crippen MR) is 58.1 cm³/mol. The van der Waals surface area contributed by atoms with E-state index in [4.69, 9.17) is 5.26 Å². The minimum atomic E-state index is -0.675. The van der Waals surface area contributed by atoms with Gasteiger partial charge in [-0.2, -0.15) is 5.26 Å². The molecule has 0 spiro atoms. The highest BCUT2D eigenvalue weighted by Gasteiger charge is 2.30. The normalized spacial score (nSPS) is 19.6. The van der Waals surface area contributed by atoms with Gasteiger partial charge in [0.25, 0.3) is 0 Å². The lowest BCUT2D eigenvalue weighted by Gasteiger charge is -2.17. The molecule has 0 saturated carbocycles. The topological polar surface area (TPSA) is 73.2 Å². The summed E-state index contributed by atoms with van der Waals surface area (Å²) in [7, 11) is 0. The summed E-state index contributed by atoms with van der Waals surface area (Å²) < 4.78 is 0. The Morgan fingerprint density at radius 2 is 2.25 bits per heavy atom. The number of nitrogens with one attached hydrogen (secondary N) is 1. The van der Waals surface area contributed by atoms with E-state index in [1.165, 1.54) is 0 Å². The predicted octanol–water partition coefficient (Wildman–Crippen LogP) is 0.131. The molecule has 0 bridgehead atoms. The lowest BCUT2D eigenvalue weighted by atomic mass is 9.95. The van der Waals surface area contributed by atoms with E-state index in [-0.39, 0.29) is 6.54 Å². The van der Waals surface area contributed by atoms with Crippen LogP contribution in [0.15, 0.2) is 0 Å². The minimum Gasteiger partial charge on any atom is -0.335 e. The van der Waals surface area contributed by atoms with Crippen LogP contribution in [0, 0.1) is 23.2 Å². The van der Waals surface area contributed by atoms with E-state index < -0.39 is 11.8 Å². The standard InChI is InChI=1S/C11H17N3O2/c1-8(2)9-3-6-14(7-9)11(16)10(15)13-5-4-12/h8-9H,3,5-7H2,1-2H3,(H,13,15). The Balaban J connectivity index is 2.45. The number of rotatable bonds is 2. The van der Waals surface area contributed by atoms with E-state index in [9.17, 15) is 9.59 Å². The quantitative estimate of drug-likeness (QED) is 0.534. The molecule has 0 radical (unpaired) electrons. The molecule has 5 nitrogen and oxygen atoms in total. The molecule has 2 amide bonds. The van der Waals surface area contributed by atoms with Crippen LogP contribution in [0.3, 0.4) is 0 Å². The van der Waals surface area contributed by atoms with Gasteiger partial charge in [-0.1, -0.05) is 13.8 Å². The summed E-state index contributed by atoms with van der Waals surface area (Å²) in [5.41, 5.74) is 0. The van der Waals surface area contributed by atoms with Crippen molar-refractivity contribution in [3.05, 3.63) is 0 Å². The van der Waals surface area contributed by atoms with Gasteiger partial charge in [-0.3, -0.25) is 9.59 Å². The van der Waals surface area contributed by atoms with Crippen LogP contribution in [-0.4, -0.2) is 36.3 Å². The van der Waals surface area contributed by atoms with Crippen LogP contribution in [0.2, 0.25) is 0 Å². The second-order valence-corrected chi connectivity index (χ2v) is 4.38. The third-order valence-electron chi connectivity index (χ3n) is 2.98. The summed E-state index contributed by atoms with van der Waals surface area (Å²) in [6, 6.07) is 1.77. The zero-order valence-corrected chi connectivity index (χ0v) is 9.69. The van der Waals surface area contributed by atoms with Crippen molar-refractivity contribution in [2.75, 3.05) is 19.6 Å². The maximum atomic E-state index is 11.6. The minimum absolute atomic E-state index is 0.119. The second-order valence-electron chi connectivity index (χ2n) is 4.38. The molecule has 1 saturated heterocycles. The lowest BCUT2D eigenvalue weighted by molar-refractivity contribution is -0.145. The number of hydrogen-bond donors (Lipinski definition) is 1. The van der Waals surface area contributed by atoms with Gasteiger partial charge >= 0.3 is 11.8 Å². The number of nitrogens with zero attached hydrogens (tertiary/aromatic N) is 2. The Bertz CT molecular complexity index is 320. The molecular formula is C11H17N3O2. The Morgan fingerprint density at radius 1 is 1.56 bits per heavy atom. The number of carbonyl (C=O) groups excluding carboxylic acids is 2. The average molecular weight is 223 g/mol. The molecule has 0 aliphatic carbocycles. The van der Waals surface area contributed by atoms with Gasteiger partial charge in [0.1, 0.15) is 6.54 Å². The molecule has 0 aromatic heterocycles. The van der Waals surface area contributed by atoms with Crippen molar-refractivity contribution < 1.29 is 9.59 Å². The summed E-state index contributed by atoms with van der Waals surface area (Å²) in [5.74, 6) is -0.183. The number of hydrogen-bond acceptors (Lipinski definition) is 3. The van der Waals surface area contributed by atoms with E-state index in [1.54, 1.807) is 11.0 Å². The van der Waals surface area contributed by atoms with Crippen LogP contribution in [0.5, 0.6) is 0 Å². The first kappa shape index (κ1) is 12.5. The molecule has 1 fully saturated rings. The first-order valence-electron chi connectivity index (χ1n) is 5.50. The molecule has 0 aromatic carbocycles. The second kappa shape index (κ2) is 5.50. The first-order valence-corrected chi connectivity index (χ1v) is 5.50. The van der Waals surface area contributed by atoms with Gasteiger partial charge in [0.15, 0.2) is 0 Å². The van der Waals surface area contributed by atoms with Crippen molar-refractivity contribution in [1.82, 2.24) is 10.2 Å². The Labute approximate surface area is 95.4 Å². The van der Waals surface area contributed by atoms with E-state index in [2.05, 4.69) is 19.2 Å². The van der Waals surface area contributed by atoms with Crippen LogP contribution in [0.1, 0.15) is 20.3 Å². The fraction of sp³-hybridized carbons (Fsp3) is 0.727. The van der Waals surface area contributed by atoms with Gasteiger partial charge in [-0.15, -0.1) is 0 Å². The summed E-state index contributed by atoms with van der Waals surface area (Å²) in [6.45, 7) is 5.41. The molecule has 0 aromatic rings. The summed E-state index contributed by atoms with van der Waals surface area (Å²) in [5, 5.41) is 10.5. The smallest absolute Gasteiger partial charge is 0.311 e. The first-order chi connectivity index (χ1) is 7.56. The largest absolute Gasteiger partial charge is 0.335 e. The van der Waals surface area contributed by atoms with E-state index in [0.717, 1.165) is 6.42 Å². The highest BCUT2D eigenvalue weighted by atomic mass is 16.2. The maximum absolute atomic E-state index is 11.6. The van der Waals surface area contributed by atoms with E-state index >= 15 is 0 Å².